The lowest BCUT2D eigenvalue weighted by molar-refractivity contribution is 0.253. The van der Waals surface area contributed by atoms with Gasteiger partial charge in [0, 0.05) is 18.4 Å². The second kappa shape index (κ2) is 5.15. The fourth-order valence-electron chi connectivity index (χ4n) is 3.17. The molecule has 1 N–H and O–H groups in total. The number of nitrogens with one attached hydrogen (secondary N) is 1. The minimum atomic E-state index is 0.504. The monoisotopic (exact) mass is 259 g/mol. The molecule has 0 aromatic carbocycles. The van der Waals surface area contributed by atoms with Crippen LogP contribution in [0.15, 0.2) is 18.7 Å². The summed E-state index contributed by atoms with van der Waals surface area (Å²) in [6, 6.07) is 0.504. The average molecular weight is 259 g/mol. The zero-order chi connectivity index (χ0) is 13.2. The molecule has 1 aliphatic rings. The zero-order valence-corrected chi connectivity index (χ0v) is 11.6. The Balaban J connectivity index is 1.85. The van der Waals surface area contributed by atoms with E-state index in [1.807, 2.05) is 10.6 Å². The van der Waals surface area contributed by atoms with Gasteiger partial charge in [0.05, 0.1) is 0 Å². The largest absolute Gasteiger partial charge is 0.364 e. The molecule has 5 heteroatoms. The molecule has 19 heavy (non-hydrogen) atoms. The predicted molar refractivity (Wildman–Crippen MR) is 75.0 cm³/mol. The third kappa shape index (κ3) is 2.41. The molecule has 0 amide bonds. The van der Waals surface area contributed by atoms with Gasteiger partial charge in [-0.1, -0.05) is 26.7 Å². The van der Waals surface area contributed by atoms with Gasteiger partial charge in [0.15, 0.2) is 5.82 Å². The lowest BCUT2D eigenvalue weighted by atomic mass is 9.78. The molecular formula is C14H21N5. The molecule has 2 atom stereocenters. The Hall–Kier alpha value is -1.65. The van der Waals surface area contributed by atoms with E-state index in [2.05, 4.69) is 34.3 Å². The lowest BCUT2D eigenvalue weighted by Crippen LogP contribution is -2.35. The SMILES string of the molecule is CC(C)C1CCCCC1Nc1nccn2cnnc12. The van der Waals surface area contributed by atoms with Crippen LogP contribution in [0, 0.1) is 11.8 Å². The minimum absolute atomic E-state index is 0.504. The van der Waals surface area contributed by atoms with Gasteiger partial charge in [0.2, 0.25) is 5.65 Å². The molecule has 2 aromatic heterocycles. The Morgan fingerprint density at radius 3 is 3.00 bits per heavy atom. The van der Waals surface area contributed by atoms with Crippen molar-refractivity contribution in [1.82, 2.24) is 19.6 Å². The van der Waals surface area contributed by atoms with E-state index in [4.69, 9.17) is 0 Å². The molecule has 1 aliphatic carbocycles. The predicted octanol–water partition coefficient (Wildman–Crippen LogP) is 2.75. The van der Waals surface area contributed by atoms with Crippen molar-refractivity contribution in [1.29, 1.82) is 0 Å². The maximum absolute atomic E-state index is 4.43. The van der Waals surface area contributed by atoms with Crippen molar-refractivity contribution in [3.8, 4) is 0 Å². The molecule has 1 fully saturated rings. The van der Waals surface area contributed by atoms with Crippen LogP contribution in [0.3, 0.4) is 0 Å². The van der Waals surface area contributed by atoms with E-state index in [0.717, 1.165) is 17.4 Å². The normalized spacial score (nSPS) is 23.9. The third-order valence-corrected chi connectivity index (χ3v) is 4.21. The van der Waals surface area contributed by atoms with Crippen LogP contribution >= 0.6 is 0 Å². The van der Waals surface area contributed by atoms with Crippen molar-refractivity contribution < 1.29 is 0 Å². The van der Waals surface area contributed by atoms with Crippen molar-refractivity contribution in [2.45, 2.75) is 45.6 Å². The van der Waals surface area contributed by atoms with Gasteiger partial charge >= 0.3 is 0 Å². The maximum atomic E-state index is 4.43. The molecule has 2 heterocycles. The fraction of sp³-hybridized carbons (Fsp3) is 0.643. The average Bonchev–Trinajstić information content (AvgIpc) is 2.88. The molecule has 2 unspecified atom stereocenters. The summed E-state index contributed by atoms with van der Waals surface area (Å²) < 4.78 is 1.91. The topological polar surface area (TPSA) is 55.1 Å². The van der Waals surface area contributed by atoms with Crippen LogP contribution in [0.5, 0.6) is 0 Å². The van der Waals surface area contributed by atoms with Gasteiger partial charge in [0.1, 0.15) is 6.33 Å². The number of fused-ring (bicyclic) bond motifs is 1. The molecule has 0 spiro atoms. The quantitative estimate of drug-likeness (QED) is 0.921. The molecule has 3 rings (SSSR count). The highest BCUT2D eigenvalue weighted by atomic mass is 15.2. The molecule has 0 bridgehead atoms. The van der Waals surface area contributed by atoms with Gasteiger partial charge in [-0.3, -0.25) is 4.40 Å². The number of hydrogen-bond acceptors (Lipinski definition) is 4. The molecule has 1 saturated carbocycles. The summed E-state index contributed by atoms with van der Waals surface area (Å²) in [5, 5.41) is 11.7. The molecule has 0 aliphatic heterocycles. The minimum Gasteiger partial charge on any atom is -0.364 e. The van der Waals surface area contributed by atoms with E-state index in [1.165, 1.54) is 25.7 Å². The number of rotatable bonds is 3. The Kier molecular flexibility index (Phi) is 3.36. The van der Waals surface area contributed by atoms with Crippen LogP contribution in [0.4, 0.5) is 5.82 Å². The first-order chi connectivity index (χ1) is 9.25. The van der Waals surface area contributed by atoms with Gasteiger partial charge in [-0.05, 0) is 24.7 Å². The number of nitrogens with zero attached hydrogens (tertiary/aromatic N) is 4. The highest BCUT2D eigenvalue weighted by Crippen LogP contribution is 2.32. The smallest absolute Gasteiger partial charge is 0.203 e. The standard InChI is InChI=1S/C14H21N5/c1-10(2)11-5-3-4-6-12(11)17-13-14-18-16-9-19(14)8-7-15-13/h7-12H,3-6H2,1-2H3,(H,15,17). The summed E-state index contributed by atoms with van der Waals surface area (Å²) in [6.07, 6.45) is 10.6. The third-order valence-electron chi connectivity index (χ3n) is 4.21. The van der Waals surface area contributed by atoms with Gasteiger partial charge in [-0.25, -0.2) is 4.98 Å². The molecule has 0 saturated heterocycles. The van der Waals surface area contributed by atoms with E-state index < -0.39 is 0 Å². The van der Waals surface area contributed by atoms with Crippen molar-refractivity contribution in [2.24, 2.45) is 11.8 Å². The summed E-state index contributed by atoms with van der Waals surface area (Å²) in [6.45, 7) is 4.63. The van der Waals surface area contributed by atoms with E-state index >= 15 is 0 Å². The molecular weight excluding hydrogens is 238 g/mol. The van der Waals surface area contributed by atoms with Crippen molar-refractivity contribution in [3.05, 3.63) is 18.7 Å². The molecule has 2 aromatic rings. The van der Waals surface area contributed by atoms with E-state index in [9.17, 15) is 0 Å². The van der Waals surface area contributed by atoms with E-state index in [0.29, 0.717) is 12.0 Å². The first-order valence-corrected chi connectivity index (χ1v) is 7.16. The van der Waals surface area contributed by atoms with Crippen molar-refractivity contribution in [2.75, 3.05) is 5.32 Å². The Labute approximate surface area is 113 Å². The Morgan fingerprint density at radius 1 is 1.32 bits per heavy atom. The fourth-order valence-corrected chi connectivity index (χ4v) is 3.17. The zero-order valence-electron chi connectivity index (χ0n) is 11.6. The molecule has 0 radical (unpaired) electrons. The van der Waals surface area contributed by atoms with Crippen LogP contribution in [0.2, 0.25) is 0 Å². The van der Waals surface area contributed by atoms with Gasteiger partial charge in [0.25, 0.3) is 0 Å². The Bertz CT molecular complexity index is 548. The first kappa shape index (κ1) is 12.4. The highest BCUT2D eigenvalue weighted by Gasteiger charge is 2.28. The second-order valence-corrected chi connectivity index (χ2v) is 5.78. The summed E-state index contributed by atoms with van der Waals surface area (Å²) in [5.74, 6) is 2.28. The number of aromatic nitrogens is 4. The highest BCUT2D eigenvalue weighted by molar-refractivity contribution is 5.61. The molecule has 102 valence electrons. The second-order valence-electron chi connectivity index (χ2n) is 5.78. The van der Waals surface area contributed by atoms with Gasteiger partial charge in [-0.2, -0.15) is 0 Å². The van der Waals surface area contributed by atoms with Crippen molar-refractivity contribution >= 4 is 11.5 Å². The van der Waals surface area contributed by atoms with Crippen LogP contribution < -0.4 is 5.32 Å². The summed E-state index contributed by atoms with van der Waals surface area (Å²) in [4.78, 5) is 4.43. The summed E-state index contributed by atoms with van der Waals surface area (Å²) in [5.41, 5.74) is 0.815. The van der Waals surface area contributed by atoms with Crippen LogP contribution in [-0.4, -0.2) is 25.6 Å². The van der Waals surface area contributed by atoms with Crippen LogP contribution in [0.1, 0.15) is 39.5 Å². The molecule has 5 nitrogen and oxygen atoms in total. The Morgan fingerprint density at radius 2 is 2.16 bits per heavy atom. The number of hydrogen-bond donors (Lipinski definition) is 1. The van der Waals surface area contributed by atoms with Crippen LogP contribution in [0.25, 0.3) is 5.65 Å². The number of anilines is 1. The summed E-state index contributed by atoms with van der Waals surface area (Å²) in [7, 11) is 0. The lowest BCUT2D eigenvalue weighted by Gasteiger charge is -2.35. The first-order valence-electron chi connectivity index (χ1n) is 7.16. The maximum Gasteiger partial charge on any atom is 0.203 e. The van der Waals surface area contributed by atoms with Gasteiger partial charge < -0.3 is 5.32 Å². The van der Waals surface area contributed by atoms with E-state index in [1.54, 1.807) is 12.5 Å². The van der Waals surface area contributed by atoms with Crippen molar-refractivity contribution in [3.63, 3.8) is 0 Å². The summed E-state index contributed by atoms with van der Waals surface area (Å²) >= 11 is 0. The van der Waals surface area contributed by atoms with Crippen LogP contribution in [-0.2, 0) is 0 Å². The van der Waals surface area contributed by atoms with Gasteiger partial charge in [-0.15, -0.1) is 10.2 Å². The van der Waals surface area contributed by atoms with E-state index in [-0.39, 0.29) is 0 Å².